The van der Waals surface area contributed by atoms with E-state index in [1.54, 1.807) is 4.90 Å². The van der Waals surface area contributed by atoms with Gasteiger partial charge in [-0.2, -0.15) is 0 Å². The van der Waals surface area contributed by atoms with Crippen molar-refractivity contribution in [2.75, 3.05) is 32.7 Å². The fourth-order valence-electron chi connectivity index (χ4n) is 1.58. The van der Waals surface area contributed by atoms with Crippen LogP contribution in [0.4, 0.5) is 0 Å². The van der Waals surface area contributed by atoms with Crippen LogP contribution in [0, 0.1) is 0 Å². The first-order chi connectivity index (χ1) is 7.63. The summed E-state index contributed by atoms with van der Waals surface area (Å²) < 4.78 is 0. The van der Waals surface area contributed by atoms with Gasteiger partial charge in [0.25, 0.3) is 0 Å². The zero-order valence-corrected chi connectivity index (χ0v) is 9.13. The summed E-state index contributed by atoms with van der Waals surface area (Å²) in [5.41, 5.74) is 0. The number of carboxylic acid groups (broad SMARTS) is 1. The summed E-state index contributed by atoms with van der Waals surface area (Å²) in [5, 5.41) is 8.40. The molecular formula is C11H16N2O3. The average Bonchev–Trinajstić information content (AvgIpc) is 2.27. The Bertz CT molecular complexity index is 304. The molecule has 1 rings (SSSR count). The van der Waals surface area contributed by atoms with Crippen molar-refractivity contribution in [1.82, 2.24) is 9.80 Å². The van der Waals surface area contributed by atoms with E-state index in [-0.39, 0.29) is 5.91 Å². The monoisotopic (exact) mass is 224 g/mol. The fraction of sp³-hybridized carbons (Fsp3) is 0.455. The second-order valence-electron chi connectivity index (χ2n) is 3.59. The van der Waals surface area contributed by atoms with Crippen molar-refractivity contribution in [2.45, 2.75) is 0 Å². The van der Waals surface area contributed by atoms with E-state index in [9.17, 15) is 9.59 Å². The second-order valence-corrected chi connectivity index (χ2v) is 3.59. The molecule has 0 unspecified atom stereocenters. The van der Waals surface area contributed by atoms with Gasteiger partial charge in [-0.15, -0.1) is 6.58 Å². The van der Waals surface area contributed by atoms with Gasteiger partial charge in [0.2, 0.25) is 5.91 Å². The standard InChI is InChI=1S/C11H16N2O3/c1-2-5-12-6-8-13(9-7-12)10(14)3-4-11(15)16/h2-4H,1,5-9H2,(H,15,16)/b4-3+. The van der Waals surface area contributed by atoms with Gasteiger partial charge >= 0.3 is 5.97 Å². The molecule has 88 valence electrons. The third kappa shape index (κ3) is 3.86. The van der Waals surface area contributed by atoms with Gasteiger partial charge in [-0.1, -0.05) is 6.08 Å². The molecule has 5 heteroatoms. The SMILES string of the molecule is C=CCN1CCN(C(=O)/C=C/C(=O)O)CC1. The third-order valence-corrected chi connectivity index (χ3v) is 2.44. The number of piperazine rings is 1. The van der Waals surface area contributed by atoms with Crippen molar-refractivity contribution in [3.05, 3.63) is 24.8 Å². The van der Waals surface area contributed by atoms with Crippen LogP contribution >= 0.6 is 0 Å². The molecule has 1 aliphatic rings. The molecule has 0 bridgehead atoms. The van der Waals surface area contributed by atoms with Gasteiger partial charge in [0.1, 0.15) is 0 Å². The van der Waals surface area contributed by atoms with Crippen LogP contribution in [0.1, 0.15) is 0 Å². The van der Waals surface area contributed by atoms with Crippen molar-refractivity contribution in [1.29, 1.82) is 0 Å². The number of hydrogen-bond donors (Lipinski definition) is 1. The van der Waals surface area contributed by atoms with Crippen LogP contribution < -0.4 is 0 Å². The molecular weight excluding hydrogens is 208 g/mol. The van der Waals surface area contributed by atoms with Crippen molar-refractivity contribution in [3.8, 4) is 0 Å². The molecule has 1 saturated heterocycles. The van der Waals surface area contributed by atoms with Crippen LogP contribution in [0.15, 0.2) is 24.8 Å². The maximum absolute atomic E-state index is 11.5. The summed E-state index contributed by atoms with van der Waals surface area (Å²) >= 11 is 0. The molecule has 0 atom stereocenters. The van der Waals surface area contributed by atoms with Gasteiger partial charge in [-0.25, -0.2) is 4.79 Å². The predicted molar refractivity (Wildman–Crippen MR) is 60.0 cm³/mol. The van der Waals surface area contributed by atoms with Crippen molar-refractivity contribution in [2.24, 2.45) is 0 Å². The third-order valence-electron chi connectivity index (χ3n) is 2.44. The topological polar surface area (TPSA) is 60.9 Å². The predicted octanol–water partition coefficient (Wildman–Crippen LogP) is -0.0426. The summed E-state index contributed by atoms with van der Waals surface area (Å²) in [6, 6.07) is 0. The van der Waals surface area contributed by atoms with E-state index in [2.05, 4.69) is 11.5 Å². The van der Waals surface area contributed by atoms with E-state index in [1.165, 1.54) is 0 Å². The van der Waals surface area contributed by atoms with Crippen LogP contribution in [-0.4, -0.2) is 59.5 Å². The molecule has 0 spiro atoms. The lowest BCUT2D eigenvalue weighted by Gasteiger charge is -2.33. The first-order valence-corrected chi connectivity index (χ1v) is 5.16. The minimum absolute atomic E-state index is 0.236. The number of carbonyl (C=O) groups excluding carboxylic acids is 1. The van der Waals surface area contributed by atoms with Crippen LogP contribution in [-0.2, 0) is 9.59 Å². The highest BCUT2D eigenvalue weighted by Crippen LogP contribution is 2.02. The van der Waals surface area contributed by atoms with E-state index in [0.717, 1.165) is 31.8 Å². The number of amides is 1. The number of carboxylic acids is 1. The first kappa shape index (κ1) is 12.4. The van der Waals surface area contributed by atoms with Crippen LogP contribution in [0.2, 0.25) is 0 Å². The zero-order chi connectivity index (χ0) is 12.0. The Morgan fingerprint density at radius 2 is 1.81 bits per heavy atom. The van der Waals surface area contributed by atoms with Crippen LogP contribution in [0.25, 0.3) is 0 Å². The Balaban J connectivity index is 2.38. The molecule has 16 heavy (non-hydrogen) atoms. The van der Waals surface area contributed by atoms with Crippen molar-refractivity contribution in [3.63, 3.8) is 0 Å². The molecule has 5 nitrogen and oxygen atoms in total. The van der Waals surface area contributed by atoms with E-state index >= 15 is 0 Å². The van der Waals surface area contributed by atoms with Crippen LogP contribution in [0.5, 0.6) is 0 Å². The van der Waals surface area contributed by atoms with Crippen LogP contribution in [0.3, 0.4) is 0 Å². The molecule has 0 aromatic rings. The molecule has 0 aromatic heterocycles. The Hall–Kier alpha value is -1.62. The number of aliphatic carboxylic acids is 1. The van der Waals surface area contributed by atoms with E-state index in [1.807, 2.05) is 6.08 Å². The van der Waals surface area contributed by atoms with Gasteiger partial charge in [0.15, 0.2) is 0 Å². The van der Waals surface area contributed by atoms with Crippen molar-refractivity contribution < 1.29 is 14.7 Å². The lowest BCUT2D eigenvalue weighted by Crippen LogP contribution is -2.48. The molecule has 1 heterocycles. The molecule has 1 aliphatic heterocycles. The number of hydrogen-bond acceptors (Lipinski definition) is 3. The molecule has 1 N–H and O–H groups in total. The maximum Gasteiger partial charge on any atom is 0.328 e. The maximum atomic E-state index is 11.5. The Kier molecular flexibility index (Phi) is 4.72. The van der Waals surface area contributed by atoms with Gasteiger partial charge in [0.05, 0.1) is 0 Å². The molecule has 0 aliphatic carbocycles. The van der Waals surface area contributed by atoms with Gasteiger partial charge < -0.3 is 10.0 Å². The quantitative estimate of drug-likeness (QED) is 0.537. The minimum Gasteiger partial charge on any atom is -0.478 e. The lowest BCUT2D eigenvalue weighted by atomic mass is 10.3. The largest absolute Gasteiger partial charge is 0.478 e. The van der Waals surface area contributed by atoms with E-state index in [0.29, 0.717) is 13.1 Å². The molecule has 0 aromatic carbocycles. The number of nitrogens with zero attached hydrogens (tertiary/aromatic N) is 2. The fourth-order valence-corrected chi connectivity index (χ4v) is 1.58. The average molecular weight is 224 g/mol. The zero-order valence-electron chi connectivity index (χ0n) is 9.13. The van der Waals surface area contributed by atoms with E-state index in [4.69, 9.17) is 5.11 Å². The Labute approximate surface area is 94.6 Å². The number of carbonyl (C=O) groups is 2. The van der Waals surface area contributed by atoms with Gasteiger partial charge in [0, 0.05) is 44.9 Å². The molecule has 0 radical (unpaired) electrons. The summed E-state index contributed by atoms with van der Waals surface area (Å²) in [6.45, 7) is 7.37. The normalized spacial score (nSPS) is 17.6. The summed E-state index contributed by atoms with van der Waals surface area (Å²) in [7, 11) is 0. The molecule has 1 amide bonds. The first-order valence-electron chi connectivity index (χ1n) is 5.16. The van der Waals surface area contributed by atoms with E-state index < -0.39 is 5.97 Å². The number of rotatable bonds is 4. The molecule has 0 saturated carbocycles. The Morgan fingerprint density at radius 3 is 2.31 bits per heavy atom. The summed E-state index contributed by atoms with van der Waals surface area (Å²) in [4.78, 5) is 25.6. The van der Waals surface area contributed by atoms with Crippen molar-refractivity contribution >= 4 is 11.9 Å². The smallest absolute Gasteiger partial charge is 0.328 e. The van der Waals surface area contributed by atoms with Gasteiger partial charge in [-0.05, 0) is 0 Å². The Morgan fingerprint density at radius 1 is 1.19 bits per heavy atom. The summed E-state index contributed by atoms with van der Waals surface area (Å²) in [6.07, 6.45) is 3.81. The highest BCUT2D eigenvalue weighted by Gasteiger charge is 2.18. The summed E-state index contributed by atoms with van der Waals surface area (Å²) in [5.74, 6) is -1.33. The highest BCUT2D eigenvalue weighted by atomic mass is 16.4. The lowest BCUT2D eigenvalue weighted by molar-refractivity contribution is -0.132. The highest BCUT2D eigenvalue weighted by molar-refractivity contribution is 5.93. The second kappa shape index (κ2) is 6.07. The molecule has 1 fully saturated rings. The minimum atomic E-state index is -1.10. The van der Waals surface area contributed by atoms with Gasteiger partial charge in [-0.3, -0.25) is 9.69 Å².